The first-order chi connectivity index (χ1) is 16.0. The van der Waals surface area contributed by atoms with Crippen LogP contribution in [0, 0.1) is 13.8 Å². The van der Waals surface area contributed by atoms with Crippen LogP contribution in [0.1, 0.15) is 17.4 Å². The van der Waals surface area contributed by atoms with Gasteiger partial charge < -0.3 is 14.6 Å². The predicted octanol–water partition coefficient (Wildman–Crippen LogP) is 5.96. The number of nitrogens with one attached hydrogen (secondary N) is 1. The lowest BCUT2D eigenvalue weighted by Gasteiger charge is -2.08. The van der Waals surface area contributed by atoms with Gasteiger partial charge in [0.25, 0.3) is 0 Å². The molecular weight excluding hydrogens is 452 g/mol. The summed E-state index contributed by atoms with van der Waals surface area (Å²) in [5, 5.41) is 14.5. The predicted molar refractivity (Wildman–Crippen MR) is 136 cm³/mol. The average molecular weight is 479 g/mol. The molecule has 0 aliphatic carbocycles. The van der Waals surface area contributed by atoms with Gasteiger partial charge in [0.05, 0.1) is 12.4 Å². The van der Waals surface area contributed by atoms with Gasteiger partial charge in [-0.05, 0) is 50.6 Å². The molecule has 170 valence electrons. The molecule has 4 aromatic rings. The molecule has 0 fully saturated rings. The first kappa shape index (κ1) is 23.1. The number of carbonyl (C=O) groups is 1. The molecule has 6 nitrogen and oxygen atoms in total. The fraction of sp³-hybridized carbons (Fsp3) is 0.240. The molecule has 8 heteroatoms. The van der Waals surface area contributed by atoms with Gasteiger partial charge in [-0.25, -0.2) is 0 Å². The number of benzene rings is 2. The van der Waals surface area contributed by atoms with E-state index in [4.69, 9.17) is 4.74 Å². The van der Waals surface area contributed by atoms with Crippen LogP contribution < -0.4 is 10.1 Å². The van der Waals surface area contributed by atoms with E-state index in [0.717, 1.165) is 22.8 Å². The zero-order chi connectivity index (χ0) is 23.4. The quantitative estimate of drug-likeness (QED) is 0.317. The summed E-state index contributed by atoms with van der Waals surface area (Å²) in [6, 6.07) is 15.9. The Hall–Kier alpha value is -3.10. The van der Waals surface area contributed by atoms with E-state index in [1.165, 1.54) is 33.3 Å². The van der Waals surface area contributed by atoms with Gasteiger partial charge in [0, 0.05) is 34.1 Å². The molecule has 0 atom stereocenters. The molecule has 2 aromatic carbocycles. The van der Waals surface area contributed by atoms with Crippen molar-refractivity contribution in [3.8, 4) is 28.3 Å². The molecule has 0 radical (unpaired) electrons. The SMILES string of the molecule is CCOc1ccc(NC(=O)CSc2nnc(-c3csc(C)c3-c3ccc(C)cc3)n2C)cc1. The molecule has 1 N–H and O–H groups in total. The number of anilines is 1. The summed E-state index contributed by atoms with van der Waals surface area (Å²) in [5.74, 6) is 1.72. The van der Waals surface area contributed by atoms with Crippen LogP contribution in [0.5, 0.6) is 5.75 Å². The van der Waals surface area contributed by atoms with Crippen molar-refractivity contribution < 1.29 is 9.53 Å². The fourth-order valence-electron chi connectivity index (χ4n) is 3.50. The number of hydrogen-bond donors (Lipinski definition) is 1. The average Bonchev–Trinajstić information content (AvgIpc) is 3.36. The smallest absolute Gasteiger partial charge is 0.234 e. The Bertz CT molecular complexity index is 1240. The molecule has 33 heavy (non-hydrogen) atoms. The highest BCUT2D eigenvalue weighted by atomic mass is 32.2. The summed E-state index contributed by atoms with van der Waals surface area (Å²) in [5.41, 5.74) is 5.37. The second-order valence-corrected chi connectivity index (χ2v) is 9.63. The maximum atomic E-state index is 12.4. The maximum absolute atomic E-state index is 12.4. The largest absolute Gasteiger partial charge is 0.494 e. The van der Waals surface area contributed by atoms with Gasteiger partial charge >= 0.3 is 0 Å². The normalized spacial score (nSPS) is 10.9. The van der Waals surface area contributed by atoms with Gasteiger partial charge in [-0.3, -0.25) is 4.79 Å². The Kier molecular flexibility index (Phi) is 7.15. The number of hydrogen-bond acceptors (Lipinski definition) is 6. The molecule has 0 bridgehead atoms. The second kappa shape index (κ2) is 10.2. The number of rotatable bonds is 8. The minimum absolute atomic E-state index is 0.0968. The van der Waals surface area contributed by atoms with E-state index in [-0.39, 0.29) is 11.7 Å². The number of thioether (sulfide) groups is 1. The topological polar surface area (TPSA) is 69.0 Å². The molecule has 4 rings (SSSR count). The summed E-state index contributed by atoms with van der Waals surface area (Å²) >= 11 is 3.07. The lowest BCUT2D eigenvalue weighted by molar-refractivity contribution is -0.113. The lowest BCUT2D eigenvalue weighted by Crippen LogP contribution is -2.14. The number of thiophene rings is 1. The van der Waals surface area contributed by atoms with Gasteiger partial charge in [-0.1, -0.05) is 41.6 Å². The zero-order valence-corrected chi connectivity index (χ0v) is 20.7. The maximum Gasteiger partial charge on any atom is 0.234 e. The monoisotopic (exact) mass is 478 g/mol. The summed E-state index contributed by atoms with van der Waals surface area (Å²) < 4.78 is 7.38. The van der Waals surface area contributed by atoms with Crippen LogP contribution in [-0.4, -0.2) is 33.0 Å². The molecule has 0 aliphatic rings. The number of carbonyl (C=O) groups excluding carboxylic acids is 1. The minimum Gasteiger partial charge on any atom is -0.494 e. The number of amides is 1. The summed E-state index contributed by atoms with van der Waals surface area (Å²) in [4.78, 5) is 13.7. The zero-order valence-electron chi connectivity index (χ0n) is 19.1. The van der Waals surface area contributed by atoms with E-state index in [1.54, 1.807) is 11.3 Å². The number of aryl methyl sites for hydroxylation is 2. The van der Waals surface area contributed by atoms with Crippen LogP contribution in [0.15, 0.2) is 59.1 Å². The van der Waals surface area contributed by atoms with Gasteiger partial charge in [-0.15, -0.1) is 21.5 Å². The van der Waals surface area contributed by atoms with E-state index in [1.807, 2.05) is 42.8 Å². The number of aromatic nitrogens is 3. The molecule has 0 spiro atoms. The highest BCUT2D eigenvalue weighted by Crippen LogP contribution is 2.39. The van der Waals surface area contributed by atoms with Crippen molar-refractivity contribution in [2.75, 3.05) is 17.7 Å². The van der Waals surface area contributed by atoms with Crippen LogP contribution in [0.3, 0.4) is 0 Å². The van der Waals surface area contributed by atoms with Crippen LogP contribution >= 0.6 is 23.1 Å². The molecule has 2 heterocycles. The molecule has 2 aromatic heterocycles. The van der Waals surface area contributed by atoms with Crippen LogP contribution in [0.4, 0.5) is 5.69 Å². The van der Waals surface area contributed by atoms with Crippen molar-refractivity contribution in [2.45, 2.75) is 25.9 Å². The summed E-state index contributed by atoms with van der Waals surface area (Å²) in [7, 11) is 1.94. The van der Waals surface area contributed by atoms with Crippen molar-refractivity contribution in [2.24, 2.45) is 7.05 Å². The molecule has 1 amide bonds. The number of ether oxygens (including phenoxy) is 1. The standard InChI is InChI=1S/C25H26N4O2S2/c1-5-31-20-12-10-19(11-13-20)26-22(30)15-33-25-28-27-24(29(25)4)21-14-32-17(3)23(21)18-8-6-16(2)7-9-18/h6-14H,5,15H2,1-4H3,(H,26,30). The first-order valence-electron chi connectivity index (χ1n) is 10.7. The van der Waals surface area contributed by atoms with Crippen molar-refractivity contribution >= 4 is 34.7 Å². The Balaban J connectivity index is 1.45. The van der Waals surface area contributed by atoms with Gasteiger partial charge in [0.15, 0.2) is 11.0 Å². The van der Waals surface area contributed by atoms with Crippen molar-refractivity contribution in [3.63, 3.8) is 0 Å². The number of nitrogens with zero attached hydrogens (tertiary/aromatic N) is 3. The van der Waals surface area contributed by atoms with E-state index in [9.17, 15) is 4.79 Å². The Morgan fingerprint density at radius 1 is 1.09 bits per heavy atom. The lowest BCUT2D eigenvalue weighted by atomic mass is 10.0. The van der Waals surface area contributed by atoms with Gasteiger partial charge in [0.2, 0.25) is 5.91 Å². The van der Waals surface area contributed by atoms with E-state index >= 15 is 0 Å². The molecule has 0 saturated heterocycles. The highest BCUT2D eigenvalue weighted by molar-refractivity contribution is 7.99. The molecular formula is C25H26N4O2S2. The fourth-order valence-corrected chi connectivity index (χ4v) is 5.08. The third-order valence-electron chi connectivity index (χ3n) is 5.17. The van der Waals surface area contributed by atoms with Crippen LogP contribution in [0.2, 0.25) is 0 Å². The van der Waals surface area contributed by atoms with Gasteiger partial charge in [-0.2, -0.15) is 0 Å². The van der Waals surface area contributed by atoms with Crippen LogP contribution in [0.25, 0.3) is 22.5 Å². The van der Waals surface area contributed by atoms with E-state index < -0.39 is 0 Å². The summed E-state index contributed by atoms with van der Waals surface area (Å²) in [6.45, 7) is 6.76. The highest BCUT2D eigenvalue weighted by Gasteiger charge is 2.19. The molecule has 0 aliphatic heterocycles. The van der Waals surface area contributed by atoms with Crippen LogP contribution in [-0.2, 0) is 11.8 Å². The Morgan fingerprint density at radius 2 is 1.82 bits per heavy atom. The summed E-state index contributed by atoms with van der Waals surface area (Å²) in [6.07, 6.45) is 0. The molecule has 0 saturated carbocycles. The van der Waals surface area contributed by atoms with Crippen molar-refractivity contribution in [1.29, 1.82) is 0 Å². The minimum atomic E-state index is -0.0968. The van der Waals surface area contributed by atoms with Crippen molar-refractivity contribution in [1.82, 2.24) is 14.8 Å². The Morgan fingerprint density at radius 3 is 2.52 bits per heavy atom. The van der Waals surface area contributed by atoms with Gasteiger partial charge in [0.1, 0.15) is 5.75 Å². The van der Waals surface area contributed by atoms with E-state index in [0.29, 0.717) is 11.8 Å². The van der Waals surface area contributed by atoms with E-state index in [2.05, 4.69) is 59.0 Å². The second-order valence-electron chi connectivity index (χ2n) is 7.61. The molecule has 0 unspecified atom stereocenters. The van der Waals surface area contributed by atoms with Crippen molar-refractivity contribution in [3.05, 3.63) is 64.4 Å². The third-order valence-corrected chi connectivity index (χ3v) is 7.10. The third kappa shape index (κ3) is 5.29. The Labute approximate surface area is 202 Å². The first-order valence-corrected chi connectivity index (χ1v) is 12.5.